The second kappa shape index (κ2) is 4.90. The lowest BCUT2D eigenvalue weighted by atomic mass is 10.3. The largest absolute Gasteiger partial charge is 0.396 e. The predicted octanol–water partition coefficient (Wildman–Crippen LogP) is 0.382. The van der Waals surface area contributed by atoms with E-state index in [1.165, 1.54) is 6.20 Å². The lowest BCUT2D eigenvalue weighted by Gasteiger charge is -2.18. The summed E-state index contributed by atoms with van der Waals surface area (Å²) >= 11 is 0. The summed E-state index contributed by atoms with van der Waals surface area (Å²) in [5.41, 5.74) is 5.98. The van der Waals surface area contributed by atoms with Crippen molar-refractivity contribution in [1.82, 2.24) is 4.98 Å². The van der Waals surface area contributed by atoms with Gasteiger partial charge in [-0.15, -0.1) is 0 Å². The summed E-state index contributed by atoms with van der Waals surface area (Å²) in [6, 6.07) is 3.26. The van der Waals surface area contributed by atoms with Crippen LogP contribution in [-0.2, 0) is 9.59 Å². The van der Waals surface area contributed by atoms with Crippen LogP contribution < -0.4 is 10.6 Å². The van der Waals surface area contributed by atoms with Crippen LogP contribution in [0.3, 0.4) is 0 Å². The van der Waals surface area contributed by atoms with Gasteiger partial charge in [-0.25, -0.2) is 4.98 Å². The quantitative estimate of drug-likeness (QED) is 0.569. The Morgan fingerprint density at radius 2 is 2.40 bits per heavy atom. The minimum absolute atomic E-state index is 0.0912. The molecule has 0 atom stereocenters. The van der Waals surface area contributed by atoms with Crippen molar-refractivity contribution in [2.24, 2.45) is 0 Å². The maximum Gasteiger partial charge on any atom is 0.252 e. The molecule has 2 N–H and O–H groups in total. The summed E-state index contributed by atoms with van der Waals surface area (Å²) in [7, 11) is 0. The van der Waals surface area contributed by atoms with E-state index in [2.05, 4.69) is 11.6 Å². The van der Waals surface area contributed by atoms with Gasteiger partial charge in [0.15, 0.2) is 5.82 Å². The number of carbonyl (C=O) groups is 2. The molecule has 5 nitrogen and oxygen atoms in total. The number of anilines is 2. The van der Waals surface area contributed by atoms with Crippen molar-refractivity contribution in [2.45, 2.75) is 0 Å². The molecule has 5 heteroatoms. The van der Waals surface area contributed by atoms with Crippen LogP contribution in [0, 0.1) is 0 Å². The maximum atomic E-state index is 11.4. The molecular weight excluding hydrogens is 194 g/mol. The summed E-state index contributed by atoms with van der Waals surface area (Å²) in [6.45, 7) is 3.25. The molecule has 15 heavy (non-hydrogen) atoms. The molecule has 0 unspecified atom stereocenters. The van der Waals surface area contributed by atoms with E-state index >= 15 is 0 Å². The first-order valence-corrected chi connectivity index (χ1v) is 4.28. The summed E-state index contributed by atoms with van der Waals surface area (Å²) in [4.78, 5) is 26.9. The van der Waals surface area contributed by atoms with E-state index < -0.39 is 5.91 Å². The van der Waals surface area contributed by atoms with Crippen LogP contribution >= 0.6 is 0 Å². The molecule has 0 saturated heterocycles. The Labute approximate surface area is 87.2 Å². The van der Waals surface area contributed by atoms with Crippen LogP contribution in [-0.4, -0.2) is 23.7 Å². The highest BCUT2D eigenvalue weighted by Gasteiger charge is 2.15. The SMILES string of the molecule is C=CC(=O)N(CC=O)c1ncccc1N. The van der Waals surface area contributed by atoms with E-state index in [1.54, 1.807) is 12.1 Å². The third-order valence-corrected chi connectivity index (χ3v) is 1.77. The number of amides is 1. The Bertz CT molecular complexity index is 390. The van der Waals surface area contributed by atoms with Crippen molar-refractivity contribution < 1.29 is 9.59 Å². The van der Waals surface area contributed by atoms with Crippen LogP contribution in [0.15, 0.2) is 31.0 Å². The van der Waals surface area contributed by atoms with Crippen LogP contribution in [0.2, 0.25) is 0 Å². The fourth-order valence-electron chi connectivity index (χ4n) is 1.10. The van der Waals surface area contributed by atoms with E-state index in [4.69, 9.17) is 5.73 Å². The van der Waals surface area contributed by atoms with E-state index in [0.717, 1.165) is 11.0 Å². The van der Waals surface area contributed by atoms with Gasteiger partial charge in [0.05, 0.1) is 12.2 Å². The highest BCUT2D eigenvalue weighted by Crippen LogP contribution is 2.18. The van der Waals surface area contributed by atoms with E-state index in [-0.39, 0.29) is 12.4 Å². The molecule has 0 bridgehead atoms. The van der Waals surface area contributed by atoms with Crippen LogP contribution in [0.4, 0.5) is 11.5 Å². The molecule has 1 amide bonds. The molecular formula is C10H11N3O2. The van der Waals surface area contributed by atoms with Gasteiger partial charge < -0.3 is 10.5 Å². The Morgan fingerprint density at radius 3 is 2.93 bits per heavy atom. The number of aromatic nitrogens is 1. The van der Waals surface area contributed by atoms with Gasteiger partial charge in [0.25, 0.3) is 5.91 Å². The van der Waals surface area contributed by atoms with Gasteiger partial charge in [0, 0.05) is 6.20 Å². The minimum atomic E-state index is -0.410. The Morgan fingerprint density at radius 1 is 1.67 bits per heavy atom. The maximum absolute atomic E-state index is 11.4. The number of pyridine rings is 1. The fraction of sp³-hybridized carbons (Fsp3) is 0.100. The molecule has 1 heterocycles. The van der Waals surface area contributed by atoms with Crippen molar-refractivity contribution in [3.63, 3.8) is 0 Å². The minimum Gasteiger partial charge on any atom is -0.396 e. The zero-order valence-electron chi connectivity index (χ0n) is 8.09. The third-order valence-electron chi connectivity index (χ3n) is 1.77. The van der Waals surface area contributed by atoms with Crippen molar-refractivity contribution >= 4 is 23.7 Å². The zero-order valence-corrected chi connectivity index (χ0v) is 8.09. The monoisotopic (exact) mass is 205 g/mol. The topological polar surface area (TPSA) is 76.3 Å². The standard InChI is InChI=1S/C10H11N3O2/c1-2-9(15)13(6-7-14)10-8(11)4-3-5-12-10/h2-5,7H,1,6,11H2. The first-order chi connectivity index (χ1) is 7.20. The van der Waals surface area contributed by atoms with E-state index in [9.17, 15) is 9.59 Å². The number of nitrogen functional groups attached to an aromatic ring is 1. The number of nitrogens with zero attached hydrogens (tertiary/aromatic N) is 2. The molecule has 0 fully saturated rings. The first-order valence-electron chi connectivity index (χ1n) is 4.28. The number of aldehydes is 1. The van der Waals surface area contributed by atoms with Crippen molar-refractivity contribution in [2.75, 3.05) is 17.2 Å². The van der Waals surface area contributed by atoms with Crippen molar-refractivity contribution in [1.29, 1.82) is 0 Å². The van der Waals surface area contributed by atoms with Gasteiger partial charge in [-0.1, -0.05) is 6.58 Å². The number of rotatable bonds is 4. The van der Waals surface area contributed by atoms with Gasteiger partial charge in [-0.05, 0) is 18.2 Å². The lowest BCUT2D eigenvalue weighted by Crippen LogP contribution is -2.32. The fourth-order valence-corrected chi connectivity index (χ4v) is 1.10. The van der Waals surface area contributed by atoms with E-state index in [0.29, 0.717) is 12.0 Å². The highest BCUT2D eigenvalue weighted by molar-refractivity contribution is 6.03. The number of hydrogen-bond acceptors (Lipinski definition) is 4. The van der Waals surface area contributed by atoms with E-state index in [1.807, 2.05) is 0 Å². The molecule has 0 aliphatic heterocycles. The first kappa shape index (κ1) is 10.9. The molecule has 0 spiro atoms. The average Bonchev–Trinajstić information content (AvgIpc) is 2.26. The van der Waals surface area contributed by atoms with Crippen LogP contribution in [0.1, 0.15) is 0 Å². The third kappa shape index (κ3) is 2.40. The van der Waals surface area contributed by atoms with Crippen molar-refractivity contribution in [3.05, 3.63) is 31.0 Å². The zero-order chi connectivity index (χ0) is 11.3. The summed E-state index contributed by atoms with van der Waals surface area (Å²) < 4.78 is 0. The summed E-state index contributed by atoms with van der Waals surface area (Å²) in [5.74, 6) is -0.137. The number of carbonyl (C=O) groups excluding carboxylic acids is 2. The molecule has 1 aromatic heterocycles. The molecule has 78 valence electrons. The second-order valence-corrected chi connectivity index (χ2v) is 2.74. The second-order valence-electron chi connectivity index (χ2n) is 2.74. The average molecular weight is 205 g/mol. The predicted molar refractivity (Wildman–Crippen MR) is 57.3 cm³/mol. The van der Waals surface area contributed by atoms with Gasteiger partial charge in [0.1, 0.15) is 6.29 Å². The molecule has 0 aromatic carbocycles. The highest BCUT2D eigenvalue weighted by atomic mass is 16.2. The van der Waals surface area contributed by atoms with Crippen LogP contribution in [0.5, 0.6) is 0 Å². The Balaban J connectivity index is 3.09. The smallest absolute Gasteiger partial charge is 0.252 e. The number of nitrogens with two attached hydrogens (primary N) is 1. The molecule has 0 aliphatic rings. The molecule has 1 aromatic rings. The Kier molecular flexibility index (Phi) is 3.56. The van der Waals surface area contributed by atoms with Crippen molar-refractivity contribution in [3.8, 4) is 0 Å². The number of hydrogen-bond donors (Lipinski definition) is 1. The van der Waals surface area contributed by atoms with Gasteiger partial charge in [0.2, 0.25) is 0 Å². The lowest BCUT2D eigenvalue weighted by molar-refractivity contribution is -0.116. The summed E-state index contributed by atoms with van der Waals surface area (Å²) in [5, 5.41) is 0. The van der Waals surface area contributed by atoms with Crippen LogP contribution in [0.25, 0.3) is 0 Å². The normalized spacial score (nSPS) is 9.33. The van der Waals surface area contributed by atoms with Gasteiger partial charge in [-0.3, -0.25) is 9.69 Å². The molecule has 0 radical (unpaired) electrons. The summed E-state index contributed by atoms with van der Waals surface area (Å²) in [6.07, 6.45) is 3.22. The molecule has 1 rings (SSSR count). The van der Waals surface area contributed by atoms with Gasteiger partial charge in [-0.2, -0.15) is 0 Å². The molecule has 0 saturated carbocycles. The molecule has 0 aliphatic carbocycles. The van der Waals surface area contributed by atoms with Gasteiger partial charge >= 0.3 is 0 Å². The Hall–Kier alpha value is -2.17.